The van der Waals surface area contributed by atoms with E-state index in [1.165, 1.54) is 6.07 Å². The molecule has 1 aromatic heterocycles. The smallest absolute Gasteiger partial charge is 0.254 e. The summed E-state index contributed by atoms with van der Waals surface area (Å²) >= 11 is 0. The maximum absolute atomic E-state index is 12.5. The lowest BCUT2D eigenvalue weighted by atomic mass is 10.1. The summed E-state index contributed by atoms with van der Waals surface area (Å²) in [5.74, 6) is 0.237. The molecular formula is C18H21N3O3. The molecule has 1 amide bonds. The molecule has 126 valence electrons. The Kier molecular flexibility index (Phi) is 4.66. The number of aromatic nitrogens is 1. The quantitative estimate of drug-likeness (QED) is 0.898. The Morgan fingerprint density at radius 3 is 2.58 bits per heavy atom. The molecule has 1 aromatic carbocycles. The van der Waals surface area contributed by atoms with Crippen molar-refractivity contribution in [3.8, 4) is 11.5 Å². The second-order valence-corrected chi connectivity index (χ2v) is 6.04. The number of amides is 1. The molecule has 1 aliphatic heterocycles. The van der Waals surface area contributed by atoms with Crippen LogP contribution in [0.2, 0.25) is 0 Å². The van der Waals surface area contributed by atoms with Crippen LogP contribution in [-0.2, 0) is 6.54 Å². The average Bonchev–Trinajstić information content (AvgIpc) is 2.58. The van der Waals surface area contributed by atoms with Gasteiger partial charge in [0.05, 0.1) is 5.69 Å². The van der Waals surface area contributed by atoms with Crippen molar-refractivity contribution in [2.75, 3.05) is 26.2 Å². The topological polar surface area (TPSA) is 76.9 Å². The van der Waals surface area contributed by atoms with E-state index >= 15 is 0 Å². The third kappa shape index (κ3) is 3.65. The van der Waals surface area contributed by atoms with Crippen molar-refractivity contribution in [3.63, 3.8) is 0 Å². The highest BCUT2D eigenvalue weighted by molar-refractivity contribution is 5.94. The predicted octanol–water partition coefficient (Wildman–Crippen LogP) is 1.76. The molecule has 6 heteroatoms. The Balaban J connectivity index is 1.59. The lowest BCUT2D eigenvalue weighted by Crippen LogP contribution is -2.48. The number of aryl methyl sites for hydroxylation is 1. The summed E-state index contributed by atoms with van der Waals surface area (Å²) in [6.45, 7) is 5.14. The van der Waals surface area contributed by atoms with Gasteiger partial charge in [-0.2, -0.15) is 0 Å². The monoisotopic (exact) mass is 327 g/mol. The van der Waals surface area contributed by atoms with Crippen LogP contribution in [0.1, 0.15) is 21.7 Å². The lowest BCUT2D eigenvalue weighted by Gasteiger charge is -2.34. The van der Waals surface area contributed by atoms with Crippen molar-refractivity contribution >= 4 is 5.91 Å². The van der Waals surface area contributed by atoms with Gasteiger partial charge in [0.25, 0.3) is 5.91 Å². The van der Waals surface area contributed by atoms with Gasteiger partial charge < -0.3 is 15.1 Å². The number of carbonyl (C=O) groups is 1. The summed E-state index contributed by atoms with van der Waals surface area (Å²) in [6.07, 6.45) is 0. The first-order valence-corrected chi connectivity index (χ1v) is 7.99. The Morgan fingerprint density at radius 1 is 1.12 bits per heavy atom. The van der Waals surface area contributed by atoms with Gasteiger partial charge in [0.1, 0.15) is 11.5 Å². The van der Waals surface area contributed by atoms with E-state index in [0.29, 0.717) is 30.9 Å². The third-order valence-electron chi connectivity index (χ3n) is 4.22. The zero-order chi connectivity index (χ0) is 17.1. The normalized spacial score (nSPS) is 15.5. The van der Waals surface area contributed by atoms with Gasteiger partial charge in [-0.05, 0) is 37.3 Å². The number of piperazine rings is 1. The first-order chi connectivity index (χ1) is 11.5. The van der Waals surface area contributed by atoms with E-state index in [1.807, 2.05) is 6.92 Å². The molecule has 0 saturated carbocycles. The van der Waals surface area contributed by atoms with E-state index in [1.54, 1.807) is 35.2 Å². The van der Waals surface area contributed by atoms with E-state index in [0.717, 1.165) is 18.8 Å². The number of benzene rings is 1. The minimum absolute atomic E-state index is 0.0675. The van der Waals surface area contributed by atoms with Crippen LogP contribution in [0.25, 0.3) is 0 Å². The standard InChI is InChI=1S/C18H21N3O3/c1-13-5-6-17(23)16(19-13)12-20-7-9-21(10-8-20)18(24)14-3-2-4-15(22)11-14/h2-6,11,22-23H,7-10,12H2,1H3. The number of phenols is 1. The second-order valence-electron chi connectivity index (χ2n) is 6.04. The van der Waals surface area contributed by atoms with Gasteiger partial charge in [-0.25, -0.2) is 0 Å². The second kappa shape index (κ2) is 6.88. The molecule has 0 bridgehead atoms. The molecule has 6 nitrogen and oxygen atoms in total. The molecule has 24 heavy (non-hydrogen) atoms. The van der Waals surface area contributed by atoms with E-state index in [2.05, 4.69) is 9.88 Å². The fourth-order valence-electron chi connectivity index (χ4n) is 2.86. The molecule has 0 aliphatic carbocycles. The fraction of sp³-hybridized carbons (Fsp3) is 0.333. The van der Waals surface area contributed by atoms with Gasteiger partial charge in [-0.3, -0.25) is 14.7 Å². The third-order valence-corrected chi connectivity index (χ3v) is 4.22. The summed E-state index contributed by atoms with van der Waals surface area (Å²) < 4.78 is 0. The fourth-order valence-corrected chi connectivity index (χ4v) is 2.86. The van der Waals surface area contributed by atoms with E-state index in [-0.39, 0.29) is 17.4 Å². The molecule has 1 saturated heterocycles. The van der Waals surface area contributed by atoms with Gasteiger partial charge in [-0.1, -0.05) is 6.07 Å². The molecular weight excluding hydrogens is 306 g/mol. The number of hydrogen-bond acceptors (Lipinski definition) is 5. The Morgan fingerprint density at radius 2 is 1.88 bits per heavy atom. The number of carbonyl (C=O) groups excluding carboxylic acids is 1. The van der Waals surface area contributed by atoms with Crippen LogP contribution in [0.3, 0.4) is 0 Å². The summed E-state index contributed by atoms with van der Waals surface area (Å²) in [7, 11) is 0. The highest BCUT2D eigenvalue weighted by Gasteiger charge is 2.23. The summed E-state index contributed by atoms with van der Waals surface area (Å²) in [5.41, 5.74) is 2.05. The first kappa shape index (κ1) is 16.3. The minimum atomic E-state index is -0.0675. The number of nitrogens with zero attached hydrogens (tertiary/aromatic N) is 3. The molecule has 2 N–H and O–H groups in total. The molecule has 2 aromatic rings. The van der Waals surface area contributed by atoms with Crippen LogP contribution in [0.15, 0.2) is 36.4 Å². The van der Waals surface area contributed by atoms with Gasteiger partial charge >= 0.3 is 0 Å². The zero-order valence-electron chi connectivity index (χ0n) is 13.6. The summed E-state index contributed by atoms with van der Waals surface area (Å²) in [4.78, 5) is 20.8. The first-order valence-electron chi connectivity index (χ1n) is 7.99. The van der Waals surface area contributed by atoms with Gasteiger partial charge in [0.2, 0.25) is 0 Å². The molecule has 0 atom stereocenters. The number of pyridine rings is 1. The molecule has 1 aliphatic rings. The predicted molar refractivity (Wildman–Crippen MR) is 89.9 cm³/mol. The van der Waals surface area contributed by atoms with Crippen molar-refractivity contribution < 1.29 is 15.0 Å². The number of aromatic hydroxyl groups is 2. The van der Waals surface area contributed by atoms with Crippen LogP contribution >= 0.6 is 0 Å². The van der Waals surface area contributed by atoms with Crippen molar-refractivity contribution in [2.45, 2.75) is 13.5 Å². The molecule has 1 fully saturated rings. The summed E-state index contributed by atoms with van der Waals surface area (Å²) in [5, 5.41) is 19.4. The highest BCUT2D eigenvalue weighted by Crippen LogP contribution is 2.19. The van der Waals surface area contributed by atoms with Crippen LogP contribution in [-0.4, -0.2) is 57.1 Å². The Bertz CT molecular complexity index is 740. The maximum Gasteiger partial charge on any atom is 0.254 e. The van der Waals surface area contributed by atoms with Gasteiger partial charge in [0.15, 0.2) is 0 Å². The van der Waals surface area contributed by atoms with Crippen LogP contribution in [0.4, 0.5) is 0 Å². The van der Waals surface area contributed by atoms with Crippen molar-refractivity contribution in [1.82, 2.24) is 14.8 Å². The van der Waals surface area contributed by atoms with E-state index in [9.17, 15) is 15.0 Å². The molecule has 3 rings (SSSR count). The molecule has 0 unspecified atom stereocenters. The SMILES string of the molecule is Cc1ccc(O)c(CN2CCN(C(=O)c3cccc(O)c3)CC2)n1. The highest BCUT2D eigenvalue weighted by atomic mass is 16.3. The van der Waals surface area contributed by atoms with Crippen LogP contribution < -0.4 is 0 Å². The zero-order valence-corrected chi connectivity index (χ0v) is 13.6. The van der Waals surface area contributed by atoms with Gasteiger partial charge in [0, 0.05) is 44.0 Å². The Labute approximate surface area is 141 Å². The number of phenolic OH excluding ortho intramolecular Hbond substituents is 1. The Hall–Kier alpha value is -2.60. The number of hydrogen-bond donors (Lipinski definition) is 2. The van der Waals surface area contributed by atoms with Crippen molar-refractivity contribution in [1.29, 1.82) is 0 Å². The lowest BCUT2D eigenvalue weighted by molar-refractivity contribution is 0.0625. The average molecular weight is 327 g/mol. The van der Waals surface area contributed by atoms with E-state index in [4.69, 9.17) is 0 Å². The maximum atomic E-state index is 12.5. The minimum Gasteiger partial charge on any atom is -0.508 e. The van der Waals surface area contributed by atoms with Crippen LogP contribution in [0, 0.1) is 6.92 Å². The number of rotatable bonds is 3. The van der Waals surface area contributed by atoms with Crippen molar-refractivity contribution in [2.24, 2.45) is 0 Å². The van der Waals surface area contributed by atoms with E-state index < -0.39 is 0 Å². The molecule has 0 spiro atoms. The largest absolute Gasteiger partial charge is 0.508 e. The van der Waals surface area contributed by atoms with Crippen LogP contribution in [0.5, 0.6) is 11.5 Å². The van der Waals surface area contributed by atoms with Gasteiger partial charge in [-0.15, -0.1) is 0 Å². The molecule has 0 radical (unpaired) electrons. The van der Waals surface area contributed by atoms with Crippen molar-refractivity contribution in [3.05, 3.63) is 53.3 Å². The summed E-state index contributed by atoms with van der Waals surface area (Å²) in [6, 6.07) is 9.87. The molecule has 2 heterocycles.